The van der Waals surface area contributed by atoms with Crippen LogP contribution in [0, 0.1) is 5.92 Å². The van der Waals surface area contributed by atoms with Crippen LogP contribution in [0.25, 0.3) is 0 Å². The van der Waals surface area contributed by atoms with Crippen molar-refractivity contribution in [2.75, 3.05) is 0 Å². The van der Waals surface area contributed by atoms with Crippen molar-refractivity contribution in [1.29, 1.82) is 0 Å². The summed E-state index contributed by atoms with van der Waals surface area (Å²) in [7, 11) is 0. The first-order valence-corrected chi connectivity index (χ1v) is 7.88. The van der Waals surface area contributed by atoms with Gasteiger partial charge >= 0.3 is 0 Å². The van der Waals surface area contributed by atoms with Crippen LogP contribution in [0.3, 0.4) is 0 Å². The molecule has 1 heterocycles. The Morgan fingerprint density at radius 3 is 2.57 bits per heavy atom. The van der Waals surface area contributed by atoms with Gasteiger partial charge in [-0.05, 0) is 26.7 Å². The molecule has 0 radical (unpaired) electrons. The molecule has 0 spiro atoms. The number of hydrogen-bond acceptors (Lipinski definition) is 5. The third-order valence-electron chi connectivity index (χ3n) is 4.36. The van der Waals surface area contributed by atoms with E-state index in [9.17, 15) is 4.79 Å². The third-order valence-corrected chi connectivity index (χ3v) is 4.36. The molecule has 0 saturated heterocycles. The predicted octanol–water partition coefficient (Wildman–Crippen LogP) is 2.28. The van der Waals surface area contributed by atoms with E-state index >= 15 is 0 Å². The van der Waals surface area contributed by atoms with Crippen molar-refractivity contribution in [3.05, 3.63) is 11.7 Å². The van der Waals surface area contributed by atoms with E-state index in [1.165, 1.54) is 19.3 Å². The average molecular weight is 294 g/mol. The fourth-order valence-electron chi connectivity index (χ4n) is 2.60. The van der Waals surface area contributed by atoms with Crippen molar-refractivity contribution >= 4 is 5.91 Å². The van der Waals surface area contributed by atoms with Crippen molar-refractivity contribution < 1.29 is 9.32 Å². The molecule has 2 rings (SSSR count). The molecule has 3 unspecified atom stereocenters. The maximum absolute atomic E-state index is 12.0. The minimum Gasteiger partial charge on any atom is -0.344 e. The van der Waals surface area contributed by atoms with Crippen molar-refractivity contribution in [3.8, 4) is 0 Å². The van der Waals surface area contributed by atoms with E-state index < -0.39 is 0 Å². The SMILES string of the molecule is CC(NC(=O)C(C)C(C)N)c1nc(C2CCCCC2)no1. The Hall–Kier alpha value is -1.43. The molecule has 1 saturated carbocycles. The summed E-state index contributed by atoms with van der Waals surface area (Å²) in [5.41, 5.74) is 5.74. The molecule has 1 aromatic rings. The van der Waals surface area contributed by atoms with E-state index in [0.717, 1.165) is 18.7 Å². The van der Waals surface area contributed by atoms with Crippen LogP contribution in [0.15, 0.2) is 4.52 Å². The maximum Gasteiger partial charge on any atom is 0.248 e. The summed E-state index contributed by atoms with van der Waals surface area (Å²) in [6, 6.07) is -0.471. The second-order valence-electron chi connectivity index (χ2n) is 6.20. The molecule has 0 aromatic carbocycles. The van der Waals surface area contributed by atoms with Crippen LogP contribution in [0.2, 0.25) is 0 Å². The molecule has 0 bridgehead atoms. The molecular weight excluding hydrogens is 268 g/mol. The lowest BCUT2D eigenvalue weighted by molar-refractivity contribution is -0.125. The highest BCUT2D eigenvalue weighted by molar-refractivity contribution is 5.79. The van der Waals surface area contributed by atoms with Gasteiger partial charge in [0.1, 0.15) is 6.04 Å². The summed E-state index contributed by atoms with van der Waals surface area (Å²) in [6.45, 7) is 5.49. The van der Waals surface area contributed by atoms with E-state index in [1.54, 1.807) is 0 Å². The zero-order valence-electron chi connectivity index (χ0n) is 13.1. The Balaban J connectivity index is 1.95. The Morgan fingerprint density at radius 1 is 1.29 bits per heavy atom. The van der Waals surface area contributed by atoms with Crippen molar-refractivity contribution in [2.24, 2.45) is 11.7 Å². The first-order chi connectivity index (χ1) is 9.99. The van der Waals surface area contributed by atoms with Crippen LogP contribution in [0.4, 0.5) is 0 Å². The van der Waals surface area contributed by atoms with Gasteiger partial charge in [-0.15, -0.1) is 0 Å². The number of nitrogens with one attached hydrogen (secondary N) is 1. The minimum absolute atomic E-state index is 0.0880. The fourth-order valence-corrected chi connectivity index (χ4v) is 2.60. The van der Waals surface area contributed by atoms with Gasteiger partial charge in [0.2, 0.25) is 11.8 Å². The van der Waals surface area contributed by atoms with E-state index in [-0.39, 0.29) is 23.9 Å². The van der Waals surface area contributed by atoms with Gasteiger partial charge < -0.3 is 15.6 Å². The summed E-state index contributed by atoms with van der Waals surface area (Å²) in [4.78, 5) is 16.5. The van der Waals surface area contributed by atoms with E-state index in [4.69, 9.17) is 10.3 Å². The quantitative estimate of drug-likeness (QED) is 0.868. The van der Waals surface area contributed by atoms with E-state index in [2.05, 4.69) is 15.5 Å². The molecule has 3 N–H and O–H groups in total. The van der Waals surface area contributed by atoms with Crippen LogP contribution in [0.5, 0.6) is 0 Å². The Labute approximate surface area is 125 Å². The monoisotopic (exact) mass is 294 g/mol. The smallest absolute Gasteiger partial charge is 0.248 e. The lowest BCUT2D eigenvalue weighted by Gasteiger charge is -2.18. The number of carbonyl (C=O) groups is 1. The average Bonchev–Trinajstić information content (AvgIpc) is 2.97. The molecule has 1 aliphatic rings. The van der Waals surface area contributed by atoms with Crippen molar-refractivity contribution in [1.82, 2.24) is 15.5 Å². The second kappa shape index (κ2) is 7.02. The number of nitrogens with two attached hydrogens (primary N) is 1. The molecule has 1 fully saturated rings. The highest BCUT2D eigenvalue weighted by Crippen LogP contribution is 2.31. The molecule has 3 atom stereocenters. The van der Waals surface area contributed by atoms with Gasteiger partial charge in [0.05, 0.1) is 0 Å². The van der Waals surface area contributed by atoms with Gasteiger partial charge in [-0.2, -0.15) is 4.98 Å². The Bertz CT molecular complexity index is 466. The summed E-state index contributed by atoms with van der Waals surface area (Å²) in [5, 5.41) is 6.96. The summed E-state index contributed by atoms with van der Waals surface area (Å²) < 4.78 is 5.31. The Kier molecular flexibility index (Phi) is 5.33. The van der Waals surface area contributed by atoms with Crippen LogP contribution in [-0.2, 0) is 4.79 Å². The van der Waals surface area contributed by atoms with Gasteiger partial charge in [-0.25, -0.2) is 0 Å². The van der Waals surface area contributed by atoms with Crippen molar-refractivity contribution in [3.63, 3.8) is 0 Å². The number of carbonyl (C=O) groups excluding carboxylic acids is 1. The molecule has 1 aliphatic carbocycles. The van der Waals surface area contributed by atoms with Crippen LogP contribution in [-0.4, -0.2) is 22.1 Å². The summed E-state index contributed by atoms with van der Waals surface area (Å²) in [6.07, 6.45) is 6.01. The molecule has 1 amide bonds. The molecule has 0 aliphatic heterocycles. The van der Waals surface area contributed by atoms with Crippen LogP contribution >= 0.6 is 0 Å². The van der Waals surface area contributed by atoms with E-state index in [0.29, 0.717) is 11.8 Å². The zero-order chi connectivity index (χ0) is 15.4. The molecular formula is C15H26N4O2. The molecule has 1 aromatic heterocycles. The number of amides is 1. The van der Waals surface area contributed by atoms with Gasteiger partial charge in [-0.1, -0.05) is 31.3 Å². The largest absolute Gasteiger partial charge is 0.344 e. The first-order valence-electron chi connectivity index (χ1n) is 7.88. The number of aromatic nitrogens is 2. The second-order valence-corrected chi connectivity index (χ2v) is 6.20. The molecule has 6 nitrogen and oxygen atoms in total. The lowest BCUT2D eigenvalue weighted by Crippen LogP contribution is -2.39. The number of hydrogen-bond donors (Lipinski definition) is 2. The highest BCUT2D eigenvalue weighted by Gasteiger charge is 2.25. The molecule has 21 heavy (non-hydrogen) atoms. The summed E-state index contributed by atoms with van der Waals surface area (Å²) >= 11 is 0. The van der Waals surface area contributed by atoms with Crippen LogP contribution < -0.4 is 11.1 Å². The summed E-state index contributed by atoms with van der Waals surface area (Å²) in [5.74, 6) is 1.33. The van der Waals surface area contributed by atoms with Gasteiger partial charge in [0.25, 0.3) is 0 Å². The fraction of sp³-hybridized carbons (Fsp3) is 0.800. The molecule has 6 heteroatoms. The van der Waals surface area contributed by atoms with Gasteiger partial charge in [-0.3, -0.25) is 4.79 Å². The number of rotatable bonds is 5. The Morgan fingerprint density at radius 2 is 1.95 bits per heavy atom. The lowest BCUT2D eigenvalue weighted by atomic mass is 9.89. The van der Waals surface area contributed by atoms with E-state index in [1.807, 2.05) is 20.8 Å². The first kappa shape index (κ1) is 15.9. The number of nitrogens with zero attached hydrogens (tertiary/aromatic N) is 2. The zero-order valence-corrected chi connectivity index (χ0v) is 13.1. The van der Waals surface area contributed by atoms with Crippen molar-refractivity contribution in [2.45, 2.75) is 70.9 Å². The topological polar surface area (TPSA) is 94.0 Å². The van der Waals surface area contributed by atoms with Crippen LogP contribution in [0.1, 0.15) is 76.6 Å². The standard InChI is InChI=1S/C15H26N4O2/c1-9(10(2)16)14(20)17-11(3)15-18-13(19-21-15)12-7-5-4-6-8-12/h9-12H,4-8,16H2,1-3H3,(H,17,20). The predicted molar refractivity (Wildman–Crippen MR) is 79.5 cm³/mol. The van der Waals surface area contributed by atoms with Gasteiger partial charge in [0, 0.05) is 17.9 Å². The third kappa shape index (κ3) is 4.03. The van der Waals surface area contributed by atoms with Gasteiger partial charge in [0.15, 0.2) is 5.82 Å². The minimum atomic E-state index is -0.288. The normalized spacial score (nSPS) is 20.8. The maximum atomic E-state index is 12.0. The highest BCUT2D eigenvalue weighted by atomic mass is 16.5. The molecule has 118 valence electrons.